The number of tetrazole rings is 1. The first-order chi connectivity index (χ1) is 17.7. The second-order valence-electron chi connectivity index (χ2n) is 10.0. The summed E-state index contributed by atoms with van der Waals surface area (Å²) in [5, 5.41) is 14.3. The zero-order valence-electron chi connectivity index (χ0n) is 21.2. The average Bonchev–Trinajstić information content (AvgIpc) is 3.48. The van der Waals surface area contributed by atoms with Crippen molar-refractivity contribution in [3.63, 3.8) is 0 Å². The normalized spacial score (nSPS) is 18.3. The third kappa shape index (κ3) is 5.03. The minimum atomic E-state index is 0.105. The van der Waals surface area contributed by atoms with Crippen LogP contribution in [0.4, 0.5) is 0 Å². The first-order valence-corrected chi connectivity index (χ1v) is 13.2. The van der Waals surface area contributed by atoms with Crippen molar-refractivity contribution < 1.29 is 0 Å². The standard InChI is InChI=1S/C28H35N7O/c1-3-4-11-23-19-35(26-14-7-5-6-10-20(26)2)28(36)34(23)18-22-16-15-21(17-29-22)24-12-8-9-13-25(24)27-30-32-33-31-27/h8-9,12-13,15-17,19-20,26H,3-7,10-11,14,18H2,1-2H3,(H,30,31,32,33). The number of aromatic nitrogens is 7. The van der Waals surface area contributed by atoms with E-state index in [1.165, 1.54) is 25.7 Å². The second-order valence-corrected chi connectivity index (χ2v) is 10.0. The maximum absolute atomic E-state index is 13.7. The molecular formula is C28H35N7O. The third-order valence-electron chi connectivity index (χ3n) is 7.53. The Hall–Kier alpha value is -3.55. The van der Waals surface area contributed by atoms with Gasteiger partial charge in [0.1, 0.15) is 0 Å². The Labute approximate surface area is 211 Å². The molecule has 0 saturated heterocycles. The lowest BCUT2D eigenvalue weighted by molar-refractivity contribution is 0.324. The number of nitrogens with zero attached hydrogens (tertiary/aromatic N) is 6. The third-order valence-corrected chi connectivity index (χ3v) is 7.53. The molecule has 2 atom stereocenters. The van der Waals surface area contributed by atoms with Gasteiger partial charge < -0.3 is 0 Å². The van der Waals surface area contributed by atoms with Crippen LogP contribution in [0.15, 0.2) is 53.6 Å². The van der Waals surface area contributed by atoms with E-state index in [1.807, 2.05) is 45.7 Å². The summed E-state index contributed by atoms with van der Waals surface area (Å²) in [6.07, 6.45) is 13.1. The zero-order valence-corrected chi connectivity index (χ0v) is 21.2. The fraction of sp³-hybridized carbons (Fsp3) is 0.464. The van der Waals surface area contributed by atoms with Gasteiger partial charge in [-0.25, -0.2) is 9.89 Å². The summed E-state index contributed by atoms with van der Waals surface area (Å²) in [7, 11) is 0. The van der Waals surface area contributed by atoms with Crippen molar-refractivity contribution in [2.24, 2.45) is 5.92 Å². The van der Waals surface area contributed by atoms with Crippen LogP contribution >= 0.6 is 0 Å². The highest BCUT2D eigenvalue weighted by Gasteiger charge is 2.25. The molecule has 2 unspecified atom stereocenters. The van der Waals surface area contributed by atoms with Gasteiger partial charge in [-0.1, -0.05) is 69.9 Å². The van der Waals surface area contributed by atoms with Crippen LogP contribution in [0.1, 0.15) is 76.2 Å². The lowest BCUT2D eigenvalue weighted by atomic mass is 9.97. The van der Waals surface area contributed by atoms with Gasteiger partial charge in [-0.05, 0) is 53.7 Å². The summed E-state index contributed by atoms with van der Waals surface area (Å²) >= 11 is 0. The molecule has 0 bridgehead atoms. The number of pyridine rings is 1. The summed E-state index contributed by atoms with van der Waals surface area (Å²) in [6, 6.07) is 12.4. The molecule has 0 amide bonds. The topological polar surface area (TPSA) is 94.3 Å². The molecule has 0 aliphatic heterocycles. The van der Waals surface area contributed by atoms with Crippen molar-refractivity contribution >= 4 is 0 Å². The molecule has 4 aromatic rings. The van der Waals surface area contributed by atoms with E-state index in [0.29, 0.717) is 24.3 Å². The molecule has 36 heavy (non-hydrogen) atoms. The van der Waals surface area contributed by atoms with E-state index in [9.17, 15) is 4.79 Å². The molecule has 188 valence electrons. The highest BCUT2D eigenvalue weighted by Crippen LogP contribution is 2.32. The number of imidazole rings is 1. The van der Waals surface area contributed by atoms with E-state index in [4.69, 9.17) is 4.98 Å². The fourth-order valence-electron chi connectivity index (χ4n) is 5.45. The highest BCUT2D eigenvalue weighted by molar-refractivity contribution is 5.79. The number of hydrogen-bond acceptors (Lipinski definition) is 5. The lowest BCUT2D eigenvalue weighted by Gasteiger charge is -2.22. The summed E-state index contributed by atoms with van der Waals surface area (Å²) in [6.45, 7) is 4.98. The minimum Gasteiger partial charge on any atom is -0.296 e. The molecule has 1 saturated carbocycles. The molecule has 3 aromatic heterocycles. The first kappa shape index (κ1) is 24.2. The van der Waals surface area contributed by atoms with Crippen molar-refractivity contribution in [3.8, 4) is 22.5 Å². The Kier molecular flexibility index (Phi) is 7.39. The molecule has 1 aromatic carbocycles. The van der Waals surface area contributed by atoms with Crippen LogP contribution < -0.4 is 5.69 Å². The fourth-order valence-corrected chi connectivity index (χ4v) is 5.45. The number of hydrogen-bond donors (Lipinski definition) is 1. The van der Waals surface area contributed by atoms with Gasteiger partial charge in [-0.2, -0.15) is 0 Å². The van der Waals surface area contributed by atoms with Crippen molar-refractivity contribution in [2.75, 3.05) is 0 Å². The van der Waals surface area contributed by atoms with Gasteiger partial charge >= 0.3 is 5.69 Å². The molecule has 1 fully saturated rings. The van der Waals surface area contributed by atoms with Crippen molar-refractivity contribution in [1.29, 1.82) is 0 Å². The minimum absolute atomic E-state index is 0.105. The van der Waals surface area contributed by atoms with Crippen LogP contribution in [0.5, 0.6) is 0 Å². The van der Waals surface area contributed by atoms with Gasteiger partial charge in [-0.3, -0.25) is 14.1 Å². The number of unbranched alkanes of at least 4 members (excludes halogenated alkanes) is 1. The largest absolute Gasteiger partial charge is 0.328 e. The average molecular weight is 486 g/mol. The number of aryl methyl sites for hydroxylation is 1. The van der Waals surface area contributed by atoms with Crippen LogP contribution in [0, 0.1) is 5.92 Å². The first-order valence-electron chi connectivity index (χ1n) is 13.2. The summed E-state index contributed by atoms with van der Waals surface area (Å²) in [5.74, 6) is 1.15. The van der Waals surface area contributed by atoms with E-state index in [1.54, 1.807) is 0 Å². The van der Waals surface area contributed by atoms with Crippen LogP contribution in [-0.4, -0.2) is 34.7 Å². The Morgan fingerprint density at radius 3 is 2.64 bits per heavy atom. The van der Waals surface area contributed by atoms with E-state index < -0.39 is 0 Å². The lowest BCUT2D eigenvalue weighted by Crippen LogP contribution is -2.30. The Morgan fingerprint density at radius 1 is 1.06 bits per heavy atom. The van der Waals surface area contributed by atoms with E-state index in [0.717, 1.165) is 53.8 Å². The Morgan fingerprint density at radius 2 is 1.89 bits per heavy atom. The summed E-state index contributed by atoms with van der Waals surface area (Å²) in [4.78, 5) is 18.4. The van der Waals surface area contributed by atoms with Crippen molar-refractivity contribution in [2.45, 2.75) is 77.8 Å². The molecule has 1 aliphatic carbocycles. The van der Waals surface area contributed by atoms with Gasteiger partial charge in [0, 0.05) is 35.3 Å². The van der Waals surface area contributed by atoms with E-state index in [-0.39, 0.29) is 5.69 Å². The van der Waals surface area contributed by atoms with Crippen LogP contribution in [-0.2, 0) is 13.0 Å². The Bertz CT molecular complexity index is 1320. The molecule has 5 rings (SSSR count). The van der Waals surface area contributed by atoms with Crippen molar-refractivity contribution in [1.82, 2.24) is 34.7 Å². The molecule has 1 aliphatic rings. The van der Waals surface area contributed by atoms with Gasteiger partial charge in [0.15, 0.2) is 5.82 Å². The van der Waals surface area contributed by atoms with Crippen LogP contribution in [0.3, 0.4) is 0 Å². The number of aromatic amines is 1. The number of nitrogens with one attached hydrogen (secondary N) is 1. The highest BCUT2D eigenvalue weighted by atomic mass is 16.1. The molecule has 3 heterocycles. The number of H-pyrrole nitrogens is 1. The second kappa shape index (κ2) is 11.0. The quantitative estimate of drug-likeness (QED) is 0.336. The van der Waals surface area contributed by atoms with Crippen LogP contribution in [0.2, 0.25) is 0 Å². The molecule has 8 heteroatoms. The van der Waals surface area contributed by atoms with E-state index >= 15 is 0 Å². The SMILES string of the molecule is CCCCc1cn(C2CCCCCC2C)c(=O)n1Cc1ccc(-c2ccccc2-c2nnn[nH]2)cn1. The predicted octanol–water partition coefficient (Wildman–Crippen LogP) is 5.42. The monoisotopic (exact) mass is 485 g/mol. The zero-order chi connectivity index (χ0) is 24.9. The van der Waals surface area contributed by atoms with Gasteiger partial charge in [0.2, 0.25) is 0 Å². The van der Waals surface area contributed by atoms with Gasteiger partial charge in [0.25, 0.3) is 0 Å². The van der Waals surface area contributed by atoms with E-state index in [2.05, 4.69) is 46.7 Å². The maximum Gasteiger partial charge on any atom is 0.328 e. The molecule has 0 spiro atoms. The van der Waals surface area contributed by atoms with Crippen molar-refractivity contribution in [3.05, 3.63) is 70.7 Å². The number of benzene rings is 1. The van der Waals surface area contributed by atoms with Gasteiger partial charge in [0.05, 0.1) is 12.2 Å². The maximum atomic E-state index is 13.7. The number of rotatable bonds is 8. The Balaban J connectivity index is 1.43. The molecule has 0 radical (unpaired) electrons. The van der Waals surface area contributed by atoms with Crippen LogP contribution in [0.25, 0.3) is 22.5 Å². The van der Waals surface area contributed by atoms with Gasteiger partial charge in [-0.15, -0.1) is 5.10 Å². The smallest absolute Gasteiger partial charge is 0.296 e. The molecule has 8 nitrogen and oxygen atoms in total. The summed E-state index contributed by atoms with van der Waals surface area (Å²) < 4.78 is 3.99. The molecule has 1 N–H and O–H groups in total. The molecular weight excluding hydrogens is 450 g/mol. The predicted molar refractivity (Wildman–Crippen MR) is 141 cm³/mol. The summed E-state index contributed by atoms with van der Waals surface area (Å²) in [5.41, 5.74) is 5.01.